The molecule has 1 heterocycles. The maximum absolute atomic E-state index is 11.6. The number of aryl methyl sites for hydroxylation is 1. The summed E-state index contributed by atoms with van der Waals surface area (Å²) < 4.78 is 0. The molecule has 1 aromatic heterocycles. The van der Waals surface area contributed by atoms with E-state index in [1.807, 2.05) is 17.7 Å². The zero-order chi connectivity index (χ0) is 11.1. The van der Waals surface area contributed by atoms with E-state index in [4.69, 9.17) is 5.11 Å². The predicted octanol–water partition coefficient (Wildman–Crippen LogP) is 1.95. The average molecular weight is 227 g/mol. The van der Waals surface area contributed by atoms with Crippen LogP contribution in [0.4, 0.5) is 0 Å². The SMILES string of the molecule is Cc1cscc1C(=O)NCCCCCO. The van der Waals surface area contributed by atoms with Crippen molar-refractivity contribution in [1.82, 2.24) is 5.32 Å². The topological polar surface area (TPSA) is 49.3 Å². The fraction of sp³-hybridized carbons (Fsp3) is 0.545. The average Bonchev–Trinajstić information content (AvgIpc) is 2.64. The number of carbonyl (C=O) groups excluding carboxylic acids is 1. The highest BCUT2D eigenvalue weighted by atomic mass is 32.1. The molecule has 0 unspecified atom stereocenters. The number of hydrogen-bond acceptors (Lipinski definition) is 3. The summed E-state index contributed by atoms with van der Waals surface area (Å²) in [6.07, 6.45) is 2.70. The van der Waals surface area contributed by atoms with Crippen molar-refractivity contribution in [2.24, 2.45) is 0 Å². The zero-order valence-electron chi connectivity index (χ0n) is 8.95. The normalized spacial score (nSPS) is 10.3. The first kappa shape index (κ1) is 12.2. The Balaban J connectivity index is 2.22. The first-order chi connectivity index (χ1) is 7.25. The fourth-order valence-corrected chi connectivity index (χ4v) is 2.13. The molecule has 0 aliphatic heterocycles. The highest BCUT2D eigenvalue weighted by Gasteiger charge is 2.08. The molecule has 84 valence electrons. The number of carbonyl (C=O) groups is 1. The fourth-order valence-electron chi connectivity index (χ4n) is 1.30. The molecule has 0 aliphatic carbocycles. The van der Waals surface area contributed by atoms with Gasteiger partial charge in [0.15, 0.2) is 0 Å². The zero-order valence-corrected chi connectivity index (χ0v) is 9.77. The van der Waals surface area contributed by atoms with Crippen molar-refractivity contribution in [3.63, 3.8) is 0 Å². The van der Waals surface area contributed by atoms with Crippen molar-refractivity contribution in [1.29, 1.82) is 0 Å². The molecule has 1 amide bonds. The van der Waals surface area contributed by atoms with Crippen LogP contribution in [-0.4, -0.2) is 24.2 Å². The van der Waals surface area contributed by atoms with Crippen molar-refractivity contribution >= 4 is 17.2 Å². The lowest BCUT2D eigenvalue weighted by Gasteiger charge is -2.03. The largest absolute Gasteiger partial charge is 0.396 e. The number of rotatable bonds is 6. The Hall–Kier alpha value is -0.870. The van der Waals surface area contributed by atoms with Crippen LogP contribution < -0.4 is 5.32 Å². The van der Waals surface area contributed by atoms with Crippen molar-refractivity contribution in [2.45, 2.75) is 26.2 Å². The number of aliphatic hydroxyl groups excluding tert-OH is 1. The van der Waals surface area contributed by atoms with Gasteiger partial charge in [-0.1, -0.05) is 0 Å². The third-order valence-corrected chi connectivity index (χ3v) is 3.08. The van der Waals surface area contributed by atoms with Gasteiger partial charge in [0, 0.05) is 18.5 Å². The Morgan fingerprint density at radius 2 is 2.20 bits per heavy atom. The van der Waals surface area contributed by atoms with Gasteiger partial charge in [-0.15, -0.1) is 0 Å². The van der Waals surface area contributed by atoms with Crippen molar-refractivity contribution < 1.29 is 9.90 Å². The van der Waals surface area contributed by atoms with Crippen molar-refractivity contribution in [3.05, 3.63) is 21.9 Å². The molecule has 1 aromatic rings. The highest BCUT2D eigenvalue weighted by molar-refractivity contribution is 7.08. The lowest BCUT2D eigenvalue weighted by molar-refractivity contribution is 0.0952. The number of aliphatic hydroxyl groups is 1. The number of unbranched alkanes of at least 4 members (excludes halogenated alkanes) is 2. The minimum atomic E-state index is 0.0118. The molecule has 4 heteroatoms. The van der Waals surface area contributed by atoms with E-state index < -0.39 is 0 Å². The quantitative estimate of drug-likeness (QED) is 0.730. The number of thiophene rings is 1. The van der Waals surface area contributed by atoms with E-state index in [0.717, 1.165) is 30.4 Å². The van der Waals surface area contributed by atoms with Gasteiger partial charge in [0.2, 0.25) is 0 Å². The van der Waals surface area contributed by atoms with Crippen LogP contribution >= 0.6 is 11.3 Å². The Morgan fingerprint density at radius 3 is 2.80 bits per heavy atom. The Bertz CT molecular complexity index is 309. The monoisotopic (exact) mass is 227 g/mol. The third-order valence-electron chi connectivity index (χ3n) is 2.22. The van der Waals surface area contributed by atoms with E-state index in [9.17, 15) is 4.79 Å². The van der Waals surface area contributed by atoms with E-state index in [-0.39, 0.29) is 12.5 Å². The summed E-state index contributed by atoms with van der Waals surface area (Å²) in [4.78, 5) is 11.6. The van der Waals surface area contributed by atoms with E-state index in [1.54, 1.807) is 11.3 Å². The molecule has 0 fully saturated rings. The maximum atomic E-state index is 11.6. The molecular weight excluding hydrogens is 210 g/mol. The van der Waals surface area contributed by atoms with Crippen molar-refractivity contribution in [3.8, 4) is 0 Å². The molecule has 0 saturated carbocycles. The second-order valence-electron chi connectivity index (χ2n) is 3.51. The molecule has 1 rings (SSSR count). The van der Waals surface area contributed by atoms with Gasteiger partial charge in [-0.05, 0) is 37.1 Å². The summed E-state index contributed by atoms with van der Waals surface area (Å²) in [5.41, 5.74) is 1.81. The van der Waals surface area contributed by atoms with Crippen LogP contribution in [0.25, 0.3) is 0 Å². The van der Waals surface area contributed by atoms with Crippen molar-refractivity contribution in [2.75, 3.05) is 13.2 Å². The number of nitrogens with one attached hydrogen (secondary N) is 1. The third kappa shape index (κ3) is 4.01. The molecule has 0 aromatic carbocycles. The maximum Gasteiger partial charge on any atom is 0.252 e. The Morgan fingerprint density at radius 1 is 1.40 bits per heavy atom. The van der Waals surface area contributed by atoms with Gasteiger partial charge in [-0.25, -0.2) is 0 Å². The first-order valence-electron chi connectivity index (χ1n) is 5.17. The van der Waals surface area contributed by atoms with Crippen LogP contribution in [0.2, 0.25) is 0 Å². The lowest BCUT2D eigenvalue weighted by Crippen LogP contribution is -2.24. The second kappa shape index (κ2) is 6.58. The molecule has 15 heavy (non-hydrogen) atoms. The minimum Gasteiger partial charge on any atom is -0.396 e. The molecule has 0 radical (unpaired) electrons. The predicted molar refractivity (Wildman–Crippen MR) is 62.3 cm³/mol. The summed E-state index contributed by atoms with van der Waals surface area (Å²) in [5, 5.41) is 15.3. The van der Waals surface area contributed by atoms with Crippen LogP contribution in [0.5, 0.6) is 0 Å². The van der Waals surface area contributed by atoms with Crippen LogP contribution in [0, 0.1) is 6.92 Å². The number of amides is 1. The van der Waals surface area contributed by atoms with Gasteiger partial charge in [0.25, 0.3) is 5.91 Å². The van der Waals surface area contributed by atoms with Crippen LogP contribution in [0.15, 0.2) is 10.8 Å². The smallest absolute Gasteiger partial charge is 0.252 e. The van der Waals surface area contributed by atoms with Gasteiger partial charge in [-0.2, -0.15) is 11.3 Å². The molecule has 0 aliphatic rings. The van der Waals surface area contributed by atoms with E-state index in [0.29, 0.717) is 6.54 Å². The Labute approximate surface area is 94.1 Å². The highest BCUT2D eigenvalue weighted by Crippen LogP contribution is 2.13. The van der Waals surface area contributed by atoms with E-state index in [2.05, 4.69) is 5.32 Å². The van der Waals surface area contributed by atoms with Gasteiger partial charge < -0.3 is 10.4 Å². The first-order valence-corrected chi connectivity index (χ1v) is 6.12. The molecule has 2 N–H and O–H groups in total. The van der Waals surface area contributed by atoms with E-state index in [1.165, 1.54) is 0 Å². The molecule has 3 nitrogen and oxygen atoms in total. The van der Waals surface area contributed by atoms with Crippen LogP contribution in [0.3, 0.4) is 0 Å². The molecule has 0 bridgehead atoms. The van der Waals surface area contributed by atoms with Gasteiger partial charge in [0.05, 0.1) is 5.56 Å². The minimum absolute atomic E-state index is 0.0118. The van der Waals surface area contributed by atoms with Crippen LogP contribution in [0.1, 0.15) is 35.2 Å². The Kier molecular flexibility index (Phi) is 5.36. The van der Waals surface area contributed by atoms with Gasteiger partial charge in [-0.3, -0.25) is 4.79 Å². The lowest BCUT2D eigenvalue weighted by atomic mass is 10.2. The van der Waals surface area contributed by atoms with Gasteiger partial charge in [0.1, 0.15) is 0 Å². The molecule has 0 spiro atoms. The van der Waals surface area contributed by atoms with E-state index >= 15 is 0 Å². The second-order valence-corrected chi connectivity index (χ2v) is 4.25. The molecule has 0 atom stereocenters. The summed E-state index contributed by atoms with van der Waals surface area (Å²) in [6.45, 7) is 2.86. The molecular formula is C11H17NO2S. The summed E-state index contributed by atoms with van der Waals surface area (Å²) in [5.74, 6) is 0.0118. The summed E-state index contributed by atoms with van der Waals surface area (Å²) in [7, 11) is 0. The van der Waals surface area contributed by atoms with Crippen LogP contribution in [-0.2, 0) is 0 Å². The molecule has 0 saturated heterocycles. The van der Waals surface area contributed by atoms with Gasteiger partial charge >= 0.3 is 0 Å². The number of hydrogen-bond donors (Lipinski definition) is 2. The summed E-state index contributed by atoms with van der Waals surface area (Å²) >= 11 is 1.55. The summed E-state index contributed by atoms with van der Waals surface area (Å²) in [6, 6.07) is 0. The standard InChI is InChI=1S/C11H17NO2S/c1-9-7-15-8-10(9)11(14)12-5-3-2-4-6-13/h7-8,13H,2-6H2,1H3,(H,12,14).